The van der Waals surface area contributed by atoms with E-state index in [-0.39, 0.29) is 11.8 Å². The molecule has 8 nitrogen and oxygen atoms in total. The van der Waals surface area contributed by atoms with Gasteiger partial charge in [0.15, 0.2) is 0 Å². The highest BCUT2D eigenvalue weighted by molar-refractivity contribution is 7.99. The molecule has 4 rings (SSSR count). The summed E-state index contributed by atoms with van der Waals surface area (Å²) < 4.78 is 10.7. The van der Waals surface area contributed by atoms with Crippen molar-refractivity contribution in [1.82, 2.24) is 15.5 Å². The van der Waals surface area contributed by atoms with Gasteiger partial charge in [-0.25, -0.2) is 4.79 Å². The summed E-state index contributed by atoms with van der Waals surface area (Å²) in [6.45, 7) is 5.77. The standard InChI is InChI=1S/C28H41N3O5S2/c1-28(2,3)36-27(34)31-17-38-16-24(31)26(33)30-23(15-37-14-21-12-19-5-8-20(21)11-19)25(32)29-13-18-6-9-22(35-4)10-7-18/h6-7,9-10,19-21,23-24H,5,8,11-17H2,1-4H3,(H,29,32)(H,30,33). The maximum Gasteiger partial charge on any atom is 0.411 e. The van der Waals surface area contributed by atoms with E-state index in [9.17, 15) is 14.4 Å². The van der Waals surface area contributed by atoms with Gasteiger partial charge in [-0.3, -0.25) is 14.5 Å². The number of thioether (sulfide) groups is 2. The van der Waals surface area contributed by atoms with Crippen LogP contribution in [0.15, 0.2) is 24.3 Å². The van der Waals surface area contributed by atoms with Crippen molar-refractivity contribution in [3.8, 4) is 5.75 Å². The van der Waals surface area contributed by atoms with Crippen LogP contribution in [0.1, 0.15) is 52.0 Å². The number of hydrogen-bond donors (Lipinski definition) is 2. The Hall–Kier alpha value is -2.07. The molecule has 210 valence electrons. The molecule has 5 unspecified atom stereocenters. The Labute approximate surface area is 234 Å². The summed E-state index contributed by atoms with van der Waals surface area (Å²) in [7, 11) is 1.62. The van der Waals surface area contributed by atoms with Crippen LogP contribution in [-0.2, 0) is 20.9 Å². The Balaban J connectivity index is 1.36. The largest absolute Gasteiger partial charge is 0.497 e. The van der Waals surface area contributed by atoms with E-state index >= 15 is 0 Å². The lowest BCUT2D eigenvalue weighted by Gasteiger charge is -2.28. The monoisotopic (exact) mass is 563 g/mol. The molecule has 3 aliphatic rings. The van der Waals surface area contributed by atoms with Gasteiger partial charge in [-0.1, -0.05) is 18.6 Å². The molecule has 3 amide bonds. The van der Waals surface area contributed by atoms with Crippen LogP contribution in [0.3, 0.4) is 0 Å². The molecule has 2 aliphatic carbocycles. The van der Waals surface area contributed by atoms with Crippen molar-refractivity contribution in [1.29, 1.82) is 0 Å². The summed E-state index contributed by atoms with van der Waals surface area (Å²) in [4.78, 5) is 40.8. The van der Waals surface area contributed by atoms with Crippen LogP contribution < -0.4 is 15.4 Å². The van der Waals surface area contributed by atoms with Crippen molar-refractivity contribution in [2.75, 3.05) is 30.2 Å². The van der Waals surface area contributed by atoms with Crippen LogP contribution in [0.2, 0.25) is 0 Å². The topological polar surface area (TPSA) is 97.0 Å². The molecule has 38 heavy (non-hydrogen) atoms. The second-order valence-electron chi connectivity index (χ2n) is 11.6. The zero-order chi connectivity index (χ0) is 27.3. The fraction of sp³-hybridized carbons (Fsp3) is 0.679. The molecule has 1 heterocycles. The molecule has 10 heteroatoms. The fourth-order valence-electron chi connectivity index (χ4n) is 5.58. The van der Waals surface area contributed by atoms with E-state index < -0.39 is 23.8 Å². The number of nitrogens with zero attached hydrogens (tertiary/aromatic N) is 1. The molecule has 2 N–H and O–H groups in total. The first-order chi connectivity index (χ1) is 18.1. The Morgan fingerprint density at radius 3 is 2.55 bits per heavy atom. The van der Waals surface area contributed by atoms with E-state index in [0.29, 0.717) is 29.8 Å². The van der Waals surface area contributed by atoms with Crippen molar-refractivity contribution < 1.29 is 23.9 Å². The highest BCUT2D eigenvalue weighted by Gasteiger charge is 2.40. The number of carbonyl (C=O) groups is 3. The van der Waals surface area contributed by atoms with Crippen molar-refractivity contribution in [2.45, 2.75) is 70.7 Å². The summed E-state index contributed by atoms with van der Waals surface area (Å²) in [5, 5.41) is 5.95. The summed E-state index contributed by atoms with van der Waals surface area (Å²) in [5.41, 5.74) is 0.299. The number of hydrogen-bond acceptors (Lipinski definition) is 7. The number of rotatable bonds is 10. The predicted octanol–water partition coefficient (Wildman–Crippen LogP) is 4.28. The van der Waals surface area contributed by atoms with Crippen molar-refractivity contribution in [3.63, 3.8) is 0 Å². The molecule has 1 aromatic rings. The van der Waals surface area contributed by atoms with Gasteiger partial charge < -0.3 is 20.1 Å². The third-order valence-electron chi connectivity index (χ3n) is 7.57. The number of amides is 3. The molecule has 1 saturated heterocycles. The predicted molar refractivity (Wildman–Crippen MR) is 152 cm³/mol. The summed E-state index contributed by atoms with van der Waals surface area (Å²) >= 11 is 3.26. The second kappa shape index (κ2) is 12.9. The van der Waals surface area contributed by atoms with Gasteiger partial charge in [0.1, 0.15) is 23.4 Å². The Kier molecular flexibility index (Phi) is 9.79. The molecule has 0 spiro atoms. The smallest absolute Gasteiger partial charge is 0.411 e. The molecule has 2 bridgehead atoms. The van der Waals surface area contributed by atoms with Gasteiger partial charge in [0.2, 0.25) is 11.8 Å². The van der Waals surface area contributed by atoms with Gasteiger partial charge in [0, 0.05) is 18.1 Å². The molecule has 0 radical (unpaired) electrons. The number of nitrogens with one attached hydrogen (secondary N) is 2. The van der Waals surface area contributed by atoms with Crippen LogP contribution in [0, 0.1) is 17.8 Å². The Morgan fingerprint density at radius 1 is 1.16 bits per heavy atom. The lowest BCUT2D eigenvalue weighted by Crippen LogP contribution is -2.55. The van der Waals surface area contributed by atoms with Crippen LogP contribution in [0.5, 0.6) is 5.75 Å². The highest BCUT2D eigenvalue weighted by atomic mass is 32.2. The normalized spacial score (nSPS) is 25.2. The first kappa shape index (κ1) is 28.9. The maximum absolute atomic E-state index is 13.3. The molecule has 2 saturated carbocycles. The lowest BCUT2D eigenvalue weighted by molar-refractivity contribution is -0.130. The summed E-state index contributed by atoms with van der Waals surface area (Å²) in [6.07, 6.45) is 4.84. The zero-order valence-electron chi connectivity index (χ0n) is 22.9. The molecule has 5 atom stereocenters. The molecular formula is C28H41N3O5S2. The van der Waals surface area contributed by atoms with Crippen molar-refractivity contribution >= 4 is 41.4 Å². The lowest BCUT2D eigenvalue weighted by atomic mass is 9.90. The Morgan fingerprint density at radius 2 is 1.92 bits per heavy atom. The highest BCUT2D eigenvalue weighted by Crippen LogP contribution is 2.49. The third-order valence-corrected chi connectivity index (χ3v) is 9.82. The van der Waals surface area contributed by atoms with Crippen molar-refractivity contribution in [3.05, 3.63) is 29.8 Å². The minimum atomic E-state index is -0.685. The first-order valence-electron chi connectivity index (χ1n) is 13.5. The van der Waals surface area contributed by atoms with Gasteiger partial charge in [0.05, 0.1) is 13.0 Å². The van der Waals surface area contributed by atoms with Crippen LogP contribution in [0.4, 0.5) is 4.79 Å². The van der Waals surface area contributed by atoms with E-state index in [2.05, 4.69) is 10.6 Å². The van der Waals surface area contributed by atoms with Gasteiger partial charge in [0.25, 0.3) is 0 Å². The van der Waals surface area contributed by atoms with E-state index in [1.807, 2.05) is 24.3 Å². The SMILES string of the molecule is COc1ccc(CNC(=O)C(CSCC2CC3CCC2C3)NC(=O)C2CSCN2C(=O)OC(C)(C)C)cc1. The minimum Gasteiger partial charge on any atom is -0.497 e. The number of benzene rings is 1. The average molecular weight is 564 g/mol. The van der Waals surface area contributed by atoms with Gasteiger partial charge in [-0.05, 0) is 81.2 Å². The number of fused-ring (bicyclic) bond motifs is 2. The first-order valence-corrected chi connectivity index (χ1v) is 15.8. The van der Waals surface area contributed by atoms with Crippen LogP contribution in [-0.4, -0.2) is 70.7 Å². The Bertz CT molecular complexity index is 984. The summed E-state index contributed by atoms with van der Waals surface area (Å²) in [5.74, 6) is 5.02. The van der Waals surface area contributed by atoms with Gasteiger partial charge in [-0.15, -0.1) is 11.8 Å². The molecule has 1 aliphatic heterocycles. The van der Waals surface area contributed by atoms with E-state index in [4.69, 9.17) is 9.47 Å². The van der Waals surface area contributed by atoms with Gasteiger partial charge >= 0.3 is 6.09 Å². The maximum atomic E-state index is 13.3. The third kappa shape index (κ3) is 7.74. The number of carbonyl (C=O) groups excluding carboxylic acids is 3. The van der Waals surface area contributed by atoms with E-state index in [1.165, 1.54) is 42.3 Å². The van der Waals surface area contributed by atoms with Gasteiger partial charge in [-0.2, -0.15) is 11.8 Å². The number of methoxy groups -OCH3 is 1. The number of ether oxygens (including phenoxy) is 2. The summed E-state index contributed by atoms with van der Waals surface area (Å²) in [6, 6.07) is 6.18. The minimum absolute atomic E-state index is 0.218. The molecule has 0 aromatic heterocycles. The quantitative estimate of drug-likeness (QED) is 0.439. The van der Waals surface area contributed by atoms with Crippen LogP contribution >= 0.6 is 23.5 Å². The van der Waals surface area contributed by atoms with Crippen LogP contribution in [0.25, 0.3) is 0 Å². The zero-order valence-corrected chi connectivity index (χ0v) is 24.5. The average Bonchev–Trinajstić information content (AvgIpc) is 3.63. The van der Waals surface area contributed by atoms with Crippen molar-refractivity contribution in [2.24, 2.45) is 17.8 Å². The van der Waals surface area contributed by atoms with E-state index in [1.54, 1.807) is 39.6 Å². The molecular weight excluding hydrogens is 522 g/mol. The fourth-order valence-corrected chi connectivity index (χ4v) is 8.04. The van der Waals surface area contributed by atoms with E-state index in [0.717, 1.165) is 28.9 Å². The second-order valence-corrected chi connectivity index (χ2v) is 13.6. The molecule has 1 aromatic carbocycles. The molecule has 3 fully saturated rings.